The number of carbonyl (C=O) groups excluding carboxylic acids is 2. The molecule has 0 aromatic heterocycles. The number of hydrogen-bond acceptors (Lipinski definition) is 7. The third-order valence-corrected chi connectivity index (χ3v) is 3.81. The Morgan fingerprint density at radius 2 is 1.22 bits per heavy atom. The Bertz CT molecular complexity index is 787. The van der Waals surface area contributed by atoms with Crippen LogP contribution in [0.3, 0.4) is 0 Å². The minimum atomic E-state index is -0.592. The second kappa shape index (κ2) is 9.88. The second-order valence-electron chi connectivity index (χ2n) is 5.64. The summed E-state index contributed by atoms with van der Waals surface area (Å²) in [4.78, 5) is 24.9. The fourth-order valence-electron chi connectivity index (χ4n) is 2.56. The molecule has 7 nitrogen and oxygen atoms in total. The van der Waals surface area contributed by atoms with Crippen molar-refractivity contribution >= 4 is 11.9 Å². The van der Waals surface area contributed by atoms with Gasteiger partial charge in [-0.2, -0.15) is 0 Å². The monoisotopic (exact) mass is 372 g/mol. The van der Waals surface area contributed by atoms with Gasteiger partial charge < -0.3 is 23.7 Å². The number of allylic oxidation sites excluding steroid dienone is 3. The molecule has 142 valence electrons. The van der Waals surface area contributed by atoms with Crippen molar-refractivity contribution in [1.82, 2.24) is 0 Å². The molecule has 0 saturated carbocycles. The molecular formula is C20H20O7. The molecule has 0 atom stereocenters. The average Bonchev–Trinajstić information content (AvgIpc) is 2.86. The summed E-state index contributed by atoms with van der Waals surface area (Å²) in [6.45, 7) is 2.30. The van der Waals surface area contributed by atoms with Gasteiger partial charge in [0.2, 0.25) is 0 Å². The summed E-state index contributed by atoms with van der Waals surface area (Å²) in [5.41, 5.74) is 7.12. The molecule has 0 aromatic carbocycles. The van der Waals surface area contributed by atoms with Gasteiger partial charge in [-0.15, -0.1) is 5.73 Å². The van der Waals surface area contributed by atoms with Crippen LogP contribution in [0.15, 0.2) is 58.1 Å². The van der Waals surface area contributed by atoms with E-state index in [2.05, 4.69) is 11.5 Å². The van der Waals surface area contributed by atoms with Gasteiger partial charge in [0, 0.05) is 11.1 Å². The number of ether oxygens (including phenoxy) is 5. The van der Waals surface area contributed by atoms with Crippen LogP contribution in [0.25, 0.3) is 0 Å². The zero-order chi connectivity index (χ0) is 18.9. The number of fused-ring (bicyclic) bond motifs is 3. The Labute approximate surface area is 156 Å². The molecule has 7 heteroatoms. The van der Waals surface area contributed by atoms with E-state index in [4.69, 9.17) is 23.7 Å². The smallest absolute Gasteiger partial charge is 0.347 e. The topological polar surface area (TPSA) is 80.3 Å². The van der Waals surface area contributed by atoms with Crippen molar-refractivity contribution in [3.05, 3.63) is 58.1 Å². The van der Waals surface area contributed by atoms with Gasteiger partial charge in [-0.05, 0) is 6.08 Å². The maximum absolute atomic E-state index is 12.4. The number of esters is 2. The quantitative estimate of drug-likeness (QED) is 0.467. The maximum Gasteiger partial charge on any atom is 0.347 e. The molecule has 0 aromatic rings. The van der Waals surface area contributed by atoms with Crippen molar-refractivity contribution in [2.24, 2.45) is 0 Å². The second-order valence-corrected chi connectivity index (χ2v) is 5.64. The summed E-state index contributed by atoms with van der Waals surface area (Å²) in [5.74, 6) is -1.17. The zero-order valence-corrected chi connectivity index (χ0v) is 14.8. The molecule has 2 bridgehead atoms. The Balaban J connectivity index is 1.79. The number of cyclic esters (lactones) is 2. The molecule has 0 amide bonds. The van der Waals surface area contributed by atoms with Crippen molar-refractivity contribution in [2.45, 2.75) is 0 Å². The van der Waals surface area contributed by atoms with Gasteiger partial charge >= 0.3 is 11.9 Å². The Hall–Kier alpha value is -2.66. The van der Waals surface area contributed by atoms with Crippen LogP contribution in [-0.4, -0.2) is 64.8 Å². The van der Waals surface area contributed by atoms with Gasteiger partial charge in [0.1, 0.15) is 24.4 Å². The fraction of sp³-hybridized carbons (Fsp3) is 0.400. The first kappa shape index (κ1) is 19.1. The molecule has 0 N–H and O–H groups in total. The Morgan fingerprint density at radius 3 is 1.85 bits per heavy atom. The van der Waals surface area contributed by atoms with Crippen LogP contribution in [0, 0.1) is 0 Å². The molecule has 3 rings (SSSR count). The Kier molecular flexibility index (Phi) is 6.99. The van der Waals surface area contributed by atoms with Crippen LogP contribution in [0.1, 0.15) is 0 Å². The minimum absolute atomic E-state index is 0.0845. The first-order chi connectivity index (χ1) is 13.3. The van der Waals surface area contributed by atoms with Crippen LogP contribution in [0.2, 0.25) is 0 Å². The van der Waals surface area contributed by atoms with Crippen molar-refractivity contribution in [3.8, 4) is 0 Å². The van der Waals surface area contributed by atoms with Crippen molar-refractivity contribution in [2.75, 3.05) is 52.9 Å². The summed E-state index contributed by atoms with van der Waals surface area (Å²) < 4.78 is 26.5. The van der Waals surface area contributed by atoms with E-state index in [0.29, 0.717) is 37.6 Å². The number of rotatable bonds is 0. The summed E-state index contributed by atoms with van der Waals surface area (Å²) >= 11 is 0. The summed E-state index contributed by atoms with van der Waals surface area (Å²) in [6, 6.07) is 0. The summed E-state index contributed by atoms with van der Waals surface area (Å²) in [7, 11) is 0. The predicted octanol–water partition coefficient (Wildman–Crippen LogP) is 1.18. The highest BCUT2D eigenvalue weighted by atomic mass is 16.6. The number of hydrogen-bond donors (Lipinski definition) is 0. The normalized spacial score (nSPS) is 22.1. The molecule has 0 fully saturated rings. The maximum atomic E-state index is 12.4. The van der Waals surface area contributed by atoms with E-state index >= 15 is 0 Å². The lowest BCUT2D eigenvalue weighted by atomic mass is 10.0. The lowest BCUT2D eigenvalue weighted by Gasteiger charge is -2.08. The molecule has 2 aliphatic carbocycles. The van der Waals surface area contributed by atoms with Crippen LogP contribution < -0.4 is 0 Å². The van der Waals surface area contributed by atoms with Gasteiger partial charge in [-0.3, -0.25) is 0 Å². The SMILES string of the molecule is O=C1OCCOCCOCCOCCOC(=O)C2=C=C1C1=C=CC=CC=C21. The lowest BCUT2D eigenvalue weighted by molar-refractivity contribution is -0.140. The minimum Gasteiger partial charge on any atom is -0.459 e. The largest absolute Gasteiger partial charge is 0.459 e. The molecule has 1 heterocycles. The highest BCUT2D eigenvalue weighted by Crippen LogP contribution is 2.33. The first-order valence-corrected chi connectivity index (χ1v) is 8.70. The van der Waals surface area contributed by atoms with Gasteiger partial charge in [0.15, 0.2) is 0 Å². The van der Waals surface area contributed by atoms with E-state index in [0.717, 1.165) is 0 Å². The summed E-state index contributed by atoms with van der Waals surface area (Å²) in [6.07, 6.45) is 6.89. The Morgan fingerprint density at radius 1 is 0.667 bits per heavy atom. The average molecular weight is 372 g/mol. The van der Waals surface area contributed by atoms with Crippen molar-refractivity contribution in [1.29, 1.82) is 0 Å². The van der Waals surface area contributed by atoms with E-state index in [1.54, 1.807) is 24.3 Å². The van der Waals surface area contributed by atoms with Crippen LogP contribution in [0.4, 0.5) is 0 Å². The molecule has 1 aliphatic heterocycles. The third-order valence-electron chi connectivity index (χ3n) is 3.81. The van der Waals surface area contributed by atoms with E-state index in [1.807, 2.05) is 0 Å². The van der Waals surface area contributed by atoms with Gasteiger partial charge in [-0.1, -0.05) is 24.0 Å². The summed E-state index contributed by atoms with van der Waals surface area (Å²) in [5, 5.41) is 0. The van der Waals surface area contributed by atoms with E-state index in [1.165, 1.54) is 0 Å². The molecule has 0 spiro atoms. The lowest BCUT2D eigenvalue weighted by Crippen LogP contribution is -2.15. The highest BCUT2D eigenvalue weighted by molar-refractivity contribution is 6.05. The van der Waals surface area contributed by atoms with Crippen molar-refractivity contribution in [3.63, 3.8) is 0 Å². The zero-order valence-electron chi connectivity index (χ0n) is 14.8. The van der Waals surface area contributed by atoms with Gasteiger partial charge in [0.05, 0.1) is 39.6 Å². The van der Waals surface area contributed by atoms with Crippen LogP contribution in [0.5, 0.6) is 0 Å². The van der Waals surface area contributed by atoms with Crippen molar-refractivity contribution < 1.29 is 33.3 Å². The molecular weight excluding hydrogens is 352 g/mol. The standard InChI is InChI=1S/C20H20O7/c21-19-17-14-18(16-5-3-1-2-4-15(16)17)20(22)27-13-11-25-9-7-23-6-8-24-10-12-26-19/h1-4H,6-13H2. The molecule has 0 saturated heterocycles. The van der Waals surface area contributed by atoms with E-state index in [9.17, 15) is 9.59 Å². The fourth-order valence-corrected chi connectivity index (χ4v) is 2.56. The van der Waals surface area contributed by atoms with Crippen LogP contribution in [-0.2, 0) is 33.3 Å². The molecule has 3 aliphatic rings. The van der Waals surface area contributed by atoms with E-state index < -0.39 is 11.9 Å². The third kappa shape index (κ3) is 5.17. The highest BCUT2D eigenvalue weighted by Gasteiger charge is 2.31. The molecule has 27 heavy (non-hydrogen) atoms. The molecule has 0 unspecified atom stereocenters. The van der Waals surface area contributed by atoms with E-state index in [-0.39, 0.29) is 37.6 Å². The van der Waals surface area contributed by atoms with Gasteiger partial charge in [0.25, 0.3) is 0 Å². The molecule has 0 radical (unpaired) electrons. The number of carbonyl (C=O) groups is 2. The van der Waals surface area contributed by atoms with Gasteiger partial charge in [-0.25, -0.2) is 9.59 Å². The first-order valence-electron chi connectivity index (χ1n) is 8.70. The van der Waals surface area contributed by atoms with Crippen LogP contribution >= 0.6 is 0 Å². The predicted molar refractivity (Wildman–Crippen MR) is 93.7 cm³/mol.